The molecular formula is C15H22N2O. The first-order chi connectivity index (χ1) is 8.60. The second-order valence-electron chi connectivity index (χ2n) is 5.38. The van der Waals surface area contributed by atoms with Crippen molar-refractivity contribution < 1.29 is 4.79 Å². The number of hydrogen-bond acceptors (Lipinski definition) is 3. The Morgan fingerprint density at radius 3 is 2.83 bits per heavy atom. The van der Waals surface area contributed by atoms with Crippen molar-refractivity contribution in [1.29, 1.82) is 0 Å². The molecule has 2 rings (SSSR count). The van der Waals surface area contributed by atoms with Crippen LogP contribution in [0, 0.1) is 5.92 Å². The topological polar surface area (TPSA) is 33.2 Å². The van der Waals surface area contributed by atoms with Crippen molar-refractivity contribution in [3.63, 3.8) is 0 Å². The Hall–Kier alpha value is -1.22. The van der Waals surface area contributed by atoms with Crippen molar-refractivity contribution in [3.05, 3.63) is 29.1 Å². The summed E-state index contributed by atoms with van der Waals surface area (Å²) in [5.41, 5.74) is 3.12. The third-order valence-electron chi connectivity index (χ3n) is 3.73. The lowest BCUT2D eigenvalue weighted by Crippen LogP contribution is -2.20. The Morgan fingerprint density at radius 1 is 1.50 bits per heavy atom. The molecule has 0 bridgehead atoms. The van der Waals surface area contributed by atoms with Crippen LogP contribution in [0.1, 0.15) is 48.8 Å². The molecule has 1 aromatic heterocycles. The number of likely N-dealkylation sites (tertiary alicyclic amines) is 1. The molecule has 0 aliphatic carbocycles. The van der Waals surface area contributed by atoms with E-state index in [-0.39, 0.29) is 5.78 Å². The van der Waals surface area contributed by atoms with E-state index in [1.807, 2.05) is 12.3 Å². The largest absolute Gasteiger partial charge is 0.299 e. The van der Waals surface area contributed by atoms with Gasteiger partial charge in [0.15, 0.2) is 5.78 Å². The fourth-order valence-corrected chi connectivity index (χ4v) is 2.60. The third kappa shape index (κ3) is 2.96. The highest BCUT2D eigenvalue weighted by atomic mass is 16.1. The molecule has 0 spiro atoms. The standard InChI is InChI=1S/C15H22N2O/c1-4-13-7-15(12(3)18)16-8-14(13)10-17-6-5-11(2)9-17/h7-8,11H,4-6,9-10H2,1-3H3. The normalized spacial score (nSPS) is 20.3. The average Bonchev–Trinajstić information content (AvgIpc) is 2.75. The Kier molecular flexibility index (Phi) is 4.12. The van der Waals surface area contributed by atoms with Gasteiger partial charge in [0.2, 0.25) is 0 Å². The van der Waals surface area contributed by atoms with Gasteiger partial charge in [-0.25, -0.2) is 0 Å². The molecule has 1 unspecified atom stereocenters. The van der Waals surface area contributed by atoms with Gasteiger partial charge in [-0.05, 0) is 42.5 Å². The van der Waals surface area contributed by atoms with Gasteiger partial charge < -0.3 is 0 Å². The van der Waals surface area contributed by atoms with Crippen molar-refractivity contribution in [3.8, 4) is 0 Å². The summed E-state index contributed by atoms with van der Waals surface area (Å²) in [6, 6.07) is 1.96. The summed E-state index contributed by atoms with van der Waals surface area (Å²) in [5, 5.41) is 0. The van der Waals surface area contributed by atoms with E-state index in [0.717, 1.165) is 18.9 Å². The molecule has 1 aromatic rings. The molecule has 0 amide bonds. The monoisotopic (exact) mass is 246 g/mol. The number of Topliss-reactive ketones (excluding diaryl/α,β-unsaturated/α-hetero) is 1. The molecule has 0 N–H and O–H groups in total. The average molecular weight is 246 g/mol. The predicted molar refractivity (Wildman–Crippen MR) is 72.7 cm³/mol. The van der Waals surface area contributed by atoms with E-state index in [0.29, 0.717) is 5.69 Å². The van der Waals surface area contributed by atoms with Gasteiger partial charge in [0.05, 0.1) is 0 Å². The summed E-state index contributed by atoms with van der Waals surface area (Å²) in [6.07, 6.45) is 4.14. The minimum absolute atomic E-state index is 0.0473. The number of aryl methyl sites for hydroxylation is 1. The van der Waals surface area contributed by atoms with Crippen molar-refractivity contribution in [2.24, 2.45) is 5.92 Å². The maximum absolute atomic E-state index is 11.3. The van der Waals surface area contributed by atoms with Crippen LogP contribution in [0.3, 0.4) is 0 Å². The van der Waals surface area contributed by atoms with Crippen LogP contribution in [-0.2, 0) is 13.0 Å². The molecule has 1 aliphatic rings. The van der Waals surface area contributed by atoms with E-state index in [4.69, 9.17) is 0 Å². The molecule has 1 aliphatic heterocycles. The highest BCUT2D eigenvalue weighted by Crippen LogP contribution is 2.20. The van der Waals surface area contributed by atoms with Gasteiger partial charge >= 0.3 is 0 Å². The Bertz CT molecular complexity index is 442. The van der Waals surface area contributed by atoms with Gasteiger partial charge in [0.1, 0.15) is 5.69 Å². The van der Waals surface area contributed by atoms with Gasteiger partial charge in [-0.3, -0.25) is 14.7 Å². The molecule has 1 atom stereocenters. The van der Waals surface area contributed by atoms with Crippen molar-refractivity contribution in [1.82, 2.24) is 9.88 Å². The fraction of sp³-hybridized carbons (Fsp3) is 0.600. The SMILES string of the molecule is CCc1cc(C(C)=O)ncc1CN1CCC(C)C1. The first-order valence-electron chi connectivity index (χ1n) is 6.81. The zero-order valence-corrected chi connectivity index (χ0v) is 11.6. The number of aromatic nitrogens is 1. The lowest BCUT2D eigenvalue weighted by molar-refractivity contribution is 0.101. The summed E-state index contributed by atoms with van der Waals surface area (Å²) in [4.78, 5) is 18.1. The van der Waals surface area contributed by atoms with Gasteiger partial charge in [0.25, 0.3) is 0 Å². The number of carbonyl (C=O) groups excluding carboxylic acids is 1. The van der Waals surface area contributed by atoms with Crippen LogP contribution in [-0.4, -0.2) is 28.8 Å². The predicted octanol–water partition coefficient (Wildman–Crippen LogP) is 2.69. The fourth-order valence-electron chi connectivity index (χ4n) is 2.60. The van der Waals surface area contributed by atoms with Crippen LogP contribution < -0.4 is 0 Å². The van der Waals surface area contributed by atoms with E-state index in [9.17, 15) is 4.79 Å². The van der Waals surface area contributed by atoms with E-state index in [2.05, 4.69) is 23.7 Å². The molecule has 3 heteroatoms. The molecule has 0 radical (unpaired) electrons. The van der Waals surface area contributed by atoms with Crippen LogP contribution in [0.25, 0.3) is 0 Å². The van der Waals surface area contributed by atoms with Crippen molar-refractivity contribution in [2.75, 3.05) is 13.1 Å². The number of hydrogen-bond donors (Lipinski definition) is 0. The lowest BCUT2D eigenvalue weighted by atomic mass is 10.1. The molecule has 3 nitrogen and oxygen atoms in total. The molecule has 1 saturated heterocycles. The molecular weight excluding hydrogens is 224 g/mol. The Morgan fingerprint density at radius 2 is 2.28 bits per heavy atom. The van der Waals surface area contributed by atoms with Gasteiger partial charge in [-0.15, -0.1) is 0 Å². The highest BCUT2D eigenvalue weighted by Gasteiger charge is 2.19. The molecule has 18 heavy (non-hydrogen) atoms. The van der Waals surface area contributed by atoms with Gasteiger partial charge in [-0.2, -0.15) is 0 Å². The van der Waals surface area contributed by atoms with Crippen LogP contribution >= 0.6 is 0 Å². The van der Waals surface area contributed by atoms with Crippen LogP contribution in [0.5, 0.6) is 0 Å². The summed E-state index contributed by atoms with van der Waals surface area (Å²) < 4.78 is 0. The van der Waals surface area contributed by atoms with Crippen LogP contribution in [0.2, 0.25) is 0 Å². The maximum Gasteiger partial charge on any atom is 0.178 e. The summed E-state index contributed by atoms with van der Waals surface area (Å²) in [7, 11) is 0. The molecule has 2 heterocycles. The lowest BCUT2D eigenvalue weighted by Gasteiger charge is -2.17. The Labute approximate surface area is 109 Å². The number of rotatable bonds is 4. The number of carbonyl (C=O) groups is 1. The number of pyridine rings is 1. The van der Waals surface area contributed by atoms with Gasteiger partial charge in [-0.1, -0.05) is 13.8 Å². The van der Waals surface area contributed by atoms with E-state index >= 15 is 0 Å². The van der Waals surface area contributed by atoms with E-state index in [1.54, 1.807) is 6.92 Å². The summed E-state index contributed by atoms with van der Waals surface area (Å²) in [5.74, 6) is 0.852. The summed E-state index contributed by atoms with van der Waals surface area (Å²) in [6.45, 7) is 9.34. The molecule has 98 valence electrons. The first kappa shape index (κ1) is 13.2. The number of nitrogens with zero attached hydrogens (tertiary/aromatic N) is 2. The molecule has 0 saturated carbocycles. The summed E-state index contributed by atoms with van der Waals surface area (Å²) >= 11 is 0. The van der Waals surface area contributed by atoms with Crippen LogP contribution in [0.15, 0.2) is 12.3 Å². The highest BCUT2D eigenvalue weighted by molar-refractivity contribution is 5.92. The van der Waals surface area contributed by atoms with Gasteiger partial charge in [0, 0.05) is 26.2 Å². The van der Waals surface area contributed by atoms with Crippen molar-refractivity contribution >= 4 is 5.78 Å². The minimum atomic E-state index is 0.0473. The molecule has 1 fully saturated rings. The zero-order chi connectivity index (χ0) is 13.1. The first-order valence-corrected chi connectivity index (χ1v) is 6.81. The minimum Gasteiger partial charge on any atom is -0.299 e. The maximum atomic E-state index is 11.3. The second-order valence-corrected chi connectivity index (χ2v) is 5.38. The third-order valence-corrected chi connectivity index (χ3v) is 3.73. The quantitative estimate of drug-likeness (QED) is 0.766. The smallest absolute Gasteiger partial charge is 0.178 e. The Balaban J connectivity index is 2.14. The van der Waals surface area contributed by atoms with E-state index < -0.39 is 0 Å². The zero-order valence-electron chi connectivity index (χ0n) is 11.6. The van der Waals surface area contributed by atoms with Crippen LogP contribution in [0.4, 0.5) is 0 Å². The molecule has 0 aromatic carbocycles. The van der Waals surface area contributed by atoms with Crippen molar-refractivity contribution in [2.45, 2.75) is 40.2 Å². The number of ketones is 1. The van der Waals surface area contributed by atoms with E-state index in [1.165, 1.54) is 30.6 Å². The second kappa shape index (κ2) is 5.61.